The molecule has 4 rings (SSSR count). The predicted octanol–water partition coefficient (Wildman–Crippen LogP) is 4.13. The summed E-state index contributed by atoms with van der Waals surface area (Å²) in [6.07, 6.45) is 1.50. The molecular formula is C21H17N3O4S. The Morgan fingerprint density at radius 1 is 1.10 bits per heavy atom. The fourth-order valence-corrected chi connectivity index (χ4v) is 3.66. The summed E-state index contributed by atoms with van der Waals surface area (Å²) in [7, 11) is 3.17. The molecular weight excluding hydrogens is 390 g/mol. The van der Waals surface area contributed by atoms with Crippen LogP contribution in [0.2, 0.25) is 0 Å². The van der Waals surface area contributed by atoms with Gasteiger partial charge in [0.15, 0.2) is 11.5 Å². The maximum atomic E-state index is 12.0. The van der Waals surface area contributed by atoms with Crippen LogP contribution in [-0.4, -0.2) is 35.5 Å². The second-order valence-electron chi connectivity index (χ2n) is 6.11. The summed E-state index contributed by atoms with van der Waals surface area (Å²) in [5.41, 5.74) is 1.71. The maximum absolute atomic E-state index is 12.0. The lowest BCUT2D eigenvalue weighted by atomic mass is 10.1. The van der Waals surface area contributed by atoms with Crippen molar-refractivity contribution in [3.8, 4) is 28.6 Å². The number of pyridine rings is 1. The van der Waals surface area contributed by atoms with Gasteiger partial charge in [0, 0.05) is 27.9 Å². The molecule has 2 aromatic heterocycles. The van der Waals surface area contributed by atoms with E-state index in [1.165, 1.54) is 17.6 Å². The van der Waals surface area contributed by atoms with Gasteiger partial charge in [-0.1, -0.05) is 18.2 Å². The van der Waals surface area contributed by atoms with Crippen LogP contribution in [0.4, 0.5) is 5.13 Å². The molecule has 0 spiro atoms. The molecule has 7 nitrogen and oxygen atoms in total. The standard InChI is InChI=1S/C21H17N3O4S/c1-27-17-8-7-12(9-18(17)28-2)16-11-29-21(23-16)22-10-15-13-5-3-4-6-14(13)19(25)24-20(15)26/h3-11H,1-2H3,(H2,24,25,26). The second-order valence-corrected chi connectivity index (χ2v) is 6.94. The van der Waals surface area contributed by atoms with Gasteiger partial charge in [-0.2, -0.15) is 0 Å². The molecule has 0 bridgehead atoms. The first-order chi connectivity index (χ1) is 14.1. The zero-order chi connectivity index (χ0) is 20.4. The van der Waals surface area contributed by atoms with Gasteiger partial charge in [-0.25, -0.2) is 9.98 Å². The normalized spacial score (nSPS) is 11.2. The molecule has 0 aliphatic heterocycles. The summed E-state index contributed by atoms with van der Waals surface area (Å²) >= 11 is 1.37. The number of nitrogens with zero attached hydrogens (tertiary/aromatic N) is 2. The number of H-pyrrole nitrogens is 1. The number of fused-ring (bicyclic) bond motifs is 1. The molecule has 8 heteroatoms. The van der Waals surface area contributed by atoms with Gasteiger partial charge in [0.05, 0.1) is 25.5 Å². The number of aromatic amines is 1. The Balaban J connectivity index is 1.68. The van der Waals surface area contributed by atoms with Gasteiger partial charge in [-0.05, 0) is 24.3 Å². The number of aliphatic imine (C=N–C) groups is 1. The summed E-state index contributed by atoms with van der Waals surface area (Å²) in [5, 5.41) is 13.7. The van der Waals surface area contributed by atoms with E-state index in [9.17, 15) is 9.90 Å². The topological polar surface area (TPSA) is 96.8 Å². The van der Waals surface area contributed by atoms with Gasteiger partial charge >= 0.3 is 0 Å². The molecule has 0 radical (unpaired) electrons. The summed E-state index contributed by atoms with van der Waals surface area (Å²) in [6, 6.07) is 12.6. The lowest BCUT2D eigenvalue weighted by molar-refractivity contribution is 0.355. The highest BCUT2D eigenvalue weighted by atomic mass is 32.1. The van der Waals surface area contributed by atoms with E-state index in [2.05, 4.69) is 15.0 Å². The van der Waals surface area contributed by atoms with Crippen molar-refractivity contribution < 1.29 is 14.6 Å². The Hall–Kier alpha value is -3.65. The van der Waals surface area contributed by atoms with Crippen molar-refractivity contribution in [3.63, 3.8) is 0 Å². The minimum atomic E-state index is -0.347. The van der Waals surface area contributed by atoms with E-state index in [-0.39, 0.29) is 11.4 Å². The lowest BCUT2D eigenvalue weighted by Gasteiger charge is -2.08. The Labute approximate surface area is 169 Å². The third kappa shape index (κ3) is 3.57. The number of thiazole rings is 1. The third-order valence-corrected chi connectivity index (χ3v) is 5.17. The minimum Gasteiger partial charge on any atom is -0.494 e. The fourth-order valence-electron chi connectivity index (χ4n) is 2.99. The van der Waals surface area contributed by atoms with Crippen molar-refractivity contribution in [2.75, 3.05) is 14.2 Å². The highest BCUT2D eigenvalue weighted by molar-refractivity contribution is 7.13. The molecule has 0 saturated heterocycles. The number of nitrogens with one attached hydrogen (secondary N) is 1. The highest BCUT2D eigenvalue weighted by Gasteiger charge is 2.11. The number of hydrogen-bond donors (Lipinski definition) is 2. The fraction of sp³-hybridized carbons (Fsp3) is 0.0952. The molecule has 2 heterocycles. The van der Waals surface area contributed by atoms with Crippen molar-refractivity contribution in [2.24, 2.45) is 4.99 Å². The second kappa shape index (κ2) is 7.76. The molecule has 2 aromatic carbocycles. The van der Waals surface area contributed by atoms with Crippen LogP contribution in [0.15, 0.2) is 57.6 Å². The monoisotopic (exact) mass is 407 g/mol. The van der Waals surface area contributed by atoms with Crippen LogP contribution in [0.1, 0.15) is 5.56 Å². The first kappa shape index (κ1) is 18.7. The van der Waals surface area contributed by atoms with Gasteiger partial charge < -0.3 is 14.6 Å². The van der Waals surface area contributed by atoms with E-state index in [4.69, 9.17) is 9.47 Å². The molecule has 0 aliphatic carbocycles. The molecule has 0 unspecified atom stereocenters. The Morgan fingerprint density at radius 3 is 2.62 bits per heavy atom. The summed E-state index contributed by atoms with van der Waals surface area (Å²) in [6.45, 7) is 0. The molecule has 146 valence electrons. The minimum absolute atomic E-state index is 0.228. The zero-order valence-corrected chi connectivity index (χ0v) is 16.5. The zero-order valence-electron chi connectivity index (χ0n) is 15.7. The van der Waals surface area contributed by atoms with Crippen LogP contribution in [0, 0.1) is 0 Å². The number of rotatable bonds is 5. The Morgan fingerprint density at radius 2 is 1.86 bits per heavy atom. The average molecular weight is 407 g/mol. The third-order valence-electron chi connectivity index (χ3n) is 4.42. The quantitative estimate of drug-likeness (QED) is 0.485. The summed E-state index contributed by atoms with van der Waals surface area (Å²) < 4.78 is 10.6. The number of methoxy groups -OCH3 is 2. The van der Waals surface area contributed by atoms with Crippen LogP contribution in [0.5, 0.6) is 17.4 Å². The highest BCUT2D eigenvalue weighted by Crippen LogP contribution is 2.34. The van der Waals surface area contributed by atoms with Crippen LogP contribution in [-0.2, 0) is 0 Å². The molecule has 2 N–H and O–H groups in total. The Bertz CT molecular complexity index is 1280. The Kier molecular flexibility index (Phi) is 5.01. The summed E-state index contributed by atoms with van der Waals surface area (Å²) in [4.78, 5) is 23.3. The predicted molar refractivity (Wildman–Crippen MR) is 114 cm³/mol. The van der Waals surface area contributed by atoms with Gasteiger partial charge in [0.25, 0.3) is 5.56 Å². The molecule has 0 saturated carbocycles. The number of aromatic hydroxyl groups is 1. The van der Waals surface area contributed by atoms with E-state index in [1.54, 1.807) is 38.5 Å². The largest absolute Gasteiger partial charge is 0.494 e. The SMILES string of the molecule is COc1ccc(-c2csc(N=Cc3c(O)[nH]c(=O)c4ccccc34)n2)cc1OC. The molecule has 29 heavy (non-hydrogen) atoms. The molecule has 0 aliphatic rings. The van der Waals surface area contributed by atoms with E-state index in [1.807, 2.05) is 23.6 Å². The van der Waals surface area contributed by atoms with E-state index in [0.29, 0.717) is 33.0 Å². The van der Waals surface area contributed by atoms with Crippen LogP contribution < -0.4 is 15.0 Å². The van der Waals surface area contributed by atoms with Gasteiger partial charge in [0.1, 0.15) is 0 Å². The first-order valence-electron chi connectivity index (χ1n) is 8.66. The first-order valence-corrected chi connectivity index (χ1v) is 9.54. The van der Waals surface area contributed by atoms with Crippen molar-refractivity contribution >= 4 is 33.5 Å². The van der Waals surface area contributed by atoms with Crippen molar-refractivity contribution in [1.29, 1.82) is 0 Å². The number of hydrogen-bond acceptors (Lipinski definition) is 7. The van der Waals surface area contributed by atoms with E-state index >= 15 is 0 Å². The lowest BCUT2D eigenvalue weighted by Crippen LogP contribution is -2.07. The summed E-state index contributed by atoms with van der Waals surface area (Å²) in [5.74, 6) is 1.03. The van der Waals surface area contributed by atoms with Gasteiger partial charge in [0.2, 0.25) is 11.0 Å². The van der Waals surface area contributed by atoms with Crippen LogP contribution in [0.25, 0.3) is 22.0 Å². The van der Waals surface area contributed by atoms with Gasteiger partial charge in [-0.3, -0.25) is 9.78 Å². The molecule has 0 fully saturated rings. The number of ether oxygens (including phenoxy) is 2. The number of aromatic nitrogens is 2. The van der Waals surface area contributed by atoms with E-state index < -0.39 is 0 Å². The van der Waals surface area contributed by atoms with Gasteiger partial charge in [-0.15, -0.1) is 11.3 Å². The van der Waals surface area contributed by atoms with Crippen LogP contribution in [0.3, 0.4) is 0 Å². The van der Waals surface area contributed by atoms with Crippen LogP contribution >= 0.6 is 11.3 Å². The molecule has 0 atom stereocenters. The maximum Gasteiger partial charge on any atom is 0.258 e. The molecule has 0 amide bonds. The number of benzene rings is 2. The van der Waals surface area contributed by atoms with Crippen molar-refractivity contribution in [1.82, 2.24) is 9.97 Å². The van der Waals surface area contributed by atoms with E-state index in [0.717, 1.165) is 11.3 Å². The molecule has 4 aromatic rings. The average Bonchev–Trinajstić information content (AvgIpc) is 3.22. The smallest absolute Gasteiger partial charge is 0.258 e. The van der Waals surface area contributed by atoms with Crippen molar-refractivity contribution in [3.05, 3.63) is 63.8 Å². The van der Waals surface area contributed by atoms with Crippen molar-refractivity contribution in [2.45, 2.75) is 0 Å².